The van der Waals surface area contributed by atoms with Crippen molar-refractivity contribution in [2.45, 2.75) is 302 Å². The van der Waals surface area contributed by atoms with Gasteiger partial charge in [-0.1, -0.05) is 250 Å². The predicted octanol–water partition coefficient (Wildman–Crippen LogP) is 16.3. The number of nitrogens with one attached hydrogen (secondary N) is 1. The zero-order valence-electron chi connectivity index (χ0n) is 40.9. The second-order valence-electron chi connectivity index (χ2n) is 18.6. The number of unbranched alkanes of at least 4 members (excludes halogenated alkanes) is 37. The molecule has 6 heteroatoms. The Morgan fingerprint density at radius 2 is 0.787 bits per heavy atom. The van der Waals surface area contributed by atoms with Crippen LogP contribution in [0.25, 0.3) is 0 Å². The van der Waals surface area contributed by atoms with Crippen LogP contribution < -0.4 is 5.32 Å². The van der Waals surface area contributed by atoms with E-state index in [9.17, 15) is 19.8 Å². The third kappa shape index (κ3) is 47.7. The van der Waals surface area contributed by atoms with Crippen LogP contribution in [0.2, 0.25) is 0 Å². The summed E-state index contributed by atoms with van der Waals surface area (Å²) in [4.78, 5) is 24.5. The van der Waals surface area contributed by atoms with E-state index in [0.29, 0.717) is 19.4 Å². The summed E-state index contributed by atoms with van der Waals surface area (Å²) in [6.45, 7) is 4.83. The number of aliphatic hydroxyl groups is 2. The van der Waals surface area contributed by atoms with Crippen LogP contribution in [-0.4, -0.2) is 47.4 Å². The Morgan fingerprint density at radius 1 is 0.443 bits per heavy atom. The molecule has 1 amide bonds. The van der Waals surface area contributed by atoms with Gasteiger partial charge in [0.1, 0.15) is 0 Å². The monoisotopic (exact) mass is 860 g/mol. The molecule has 0 spiro atoms. The maximum absolute atomic E-state index is 12.4. The Kier molecular flexibility index (Phi) is 49.6. The Balaban J connectivity index is 3.56. The van der Waals surface area contributed by atoms with Crippen molar-refractivity contribution in [3.05, 3.63) is 24.3 Å². The average Bonchev–Trinajstić information content (AvgIpc) is 3.26. The molecule has 2 atom stereocenters. The lowest BCUT2D eigenvalue weighted by atomic mass is 10.0. The molecule has 0 aromatic carbocycles. The van der Waals surface area contributed by atoms with E-state index in [1.807, 2.05) is 6.08 Å². The number of ether oxygens (including phenoxy) is 1. The van der Waals surface area contributed by atoms with E-state index < -0.39 is 12.1 Å². The Morgan fingerprint density at radius 3 is 1.20 bits per heavy atom. The first kappa shape index (κ1) is 59.3. The fourth-order valence-electron chi connectivity index (χ4n) is 8.28. The van der Waals surface area contributed by atoms with E-state index in [0.717, 1.165) is 70.6 Å². The van der Waals surface area contributed by atoms with E-state index in [4.69, 9.17) is 4.74 Å². The fourth-order valence-corrected chi connectivity index (χ4v) is 8.28. The summed E-state index contributed by atoms with van der Waals surface area (Å²) < 4.78 is 5.44. The summed E-state index contributed by atoms with van der Waals surface area (Å²) in [7, 11) is 0. The van der Waals surface area contributed by atoms with Gasteiger partial charge in [-0.3, -0.25) is 9.59 Å². The fraction of sp³-hybridized carbons (Fsp3) is 0.891. The molecule has 0 saturated carbocycles. The van der Waals surface area contributed by atoms with Gasteiger partial charge >= 0.3 is 5.97 Å². The van der Waals surface area contributed by atoms with Gasteiger partial charge in [-0.05, 0) is 51.4 Å². The molecule has 0 aromatic rings. The van der Waals surface area contributed by atoms with Crippen LogP contribution in [0, 0.1) is 0 Å². The molecule has 0 aliphatic heterocycles. The minimum atomic E-state index is -0.875. The molecule has 360 valence electrons. The van der Waals surface area contributed by atoms with Crippen molar-refractivity contribution in [2.75, 3.05) is 13.2 Å². The summed E-state index contributed by atoms with van der Waals surface area (Å²) in [6.07, 6.45) is 60.5. The van der Waals surface area contributed by atoms with Crippen LogP contribution in [0.5, 0.6) is 0 Å². The molecule has 6 nitrogen and oxygen atoms in total. The molecule has 0 radical (unpaired) electrons. The maximum Gasteiger partial charge on any atom is 0.305 e. The van der Waals surface area contributed by atoms with E-state index in [-0.39, 0.29) is 18.5 Å². The first-order chi connectivity index (χ1) is 30.0. The SMILES string of the molecule is CCCCCCCCCCCCCCCCCCCCC/C=C/C(O)C(CO)NC(=O)CCC/C=C\CCCCCCOC(=O)CCCCCCCCCCCCCCCC. The lowest BCUT2D eigenvalue weighted by Crippen LogP contribution is -2.45. The predicted molar refractivity (Wildman–Crippen MR) is 264 cm³/mol. The second-order valence-corrected chi connectivity index (χ2v) is 18.6. The number of hydrogen-bond acceptors (Lipinski definition) is 5. The Hall–Kier alpha value is -1.66. The van der Waals surface area contributed by atoms with Gasteiger partial charge in [-0.2, -0.15) is 0 Å². The van der Waals surface area contributed by atoms with Crippen LogP contribution in [0.15, 0.2) is 24.3 Å². The van der Waals surface area contributed by atoms with Gasteiger partial charge in [0, 0.05) is 12.8 Å². The number of allylic oxidation sites excluding steroid dienone is 3. The largest absolute Gasteiger partial charge is 0.466 e. The van der Waals surface area contributed by atoms with E-state index in [1.54, 1.807) is 6.08 Å². The molecule has 61 heavy (non-hydrogen) atoms. The second kappa shape index (κ2) is 51.0. The van der Waals surface area contributed by atoms with Gasteiger partial charge in [0.05, 0.1) is 25.4 Å². The number of rotatable bonds is 50. The molecular formula is C55H105NO5. The normalized spacial score (nSPS) is 12.8. The highest BCUT2D eigenvalue weighted by Gasteiger charge is 2.18. The summed E-state index contributed by atoms with van der Waals surface area (Å²) in [5.41, 5.74) is 0. The van der Waals surface area contributed by atoms with Crippen molar-refractivity contribution in [2.24, 2.45) is 0 Å². The van der Waals surface area contributed by atoms with Crippen LogP contribution in [0.4, 0.5) is 0 Å². The van der Waals surface area contributed by atoms with Gasteiger partial charge in [-0.25, -0.2) is 0 Å². The van der Waals surface area contributed by atoms with Crippen molar-refractivity contribution in [1.82, 2.24) is 5.32 Å². The topological polar surface area (TPSA) is 95.9 Å². The molecule has 0 aliphatic carbocycles. The summed E-state index contributed by atoms with van der Waals surface area (Å²) in [6, 6.07) is -0.665. The first-order valence-corrected chi connectivity index (χ1v) is 27.1. The maximum atomic E-state index is 12.4. The van der Waals surface area contributed by atoms with Gasteiger partial charge in [0.15, 0.2) is 0 Å². The van der Waals surface area contributed by atoms with Crippen molar-refractivity contribution >= 4 is 11.9 Å². The van der Waals surface area contributed by atoms with Crippen LogP contribution >= 0.6 is 0 Å². The highest BCUT2D eigenvalue weighted by Crippen LogP contribution is 2.16. The Labute approximate surface area is 380 Å². The quantitative estimate of drug-likeness (QED) is 0.0322. The number of esters is 1. The van der Waals surface area contributed by atoms with Crippen LogP contribution in [0.1, 0.15) is 290 Å². The summed E-state index contributed by atoms with van der Waals surface area (Å²) in [5, 5.41) is 23.1. The van der Waals surface area contributed by atoms with E-state index in [2.05, 4.69) is 31.3 Å². The first-order valence-electron chi connectivity index (χ1n) is 27.1. The molecule has 3 N–H and O–H groups in total. The number of hydrogen-bond donors (Lipinski definition) is 3. The van der Waals surface area contributed by atoms with Crippen molar-refractivity contribution < 1.29 is 24.5 Å². The molecule has 0 rings (SSSR count). The van der Waals surface area contributed by atoms with Crippen molar-refractivity contribution in [1.29, 1.82) is 0 Å². The number of amides is 1. The lowest BCUT2D eigenvalue weighted by molar-refractivity contribution is -0.143. The molecule has 0 aromatic heterocycles. The zero-order valence-corrected chi connectivity index (χ0v) is 40.9. The van der Waals surface area contributed by atoms with Crippen LogP contribution in [0.3, 0.4) is 0 Å². The molecule has 0 fully saturated rings. The van der Waals surface area contributed by atoms with E-state index >= 15 is 0 Å². The lowest BCUT2D eigenvalue weighted by Gasteiger charge is -2.19. The zero-order chi connectivity index (χ0) is 44.4. The Bertz CT molecular complexity index is 951. The molecule has 0 aliphatic rings. The smallest absolute Gasteiger partial charge is 0.305 e. The van der Waals surface area contributed by atoms with Crippen LogP contribution in [-0.2, 0) is 14.3 Å². The van der Waals surface area contributed by atoms with Gasteiger partial charge in [0.2, 0.25) is 5.91 Å². The molecular weight excluding hydrogens is 755 g/mol. The number of aliphatic hydroxyl groups excluding tert-OH is 2. The highest BCUT2D eigenvalue weighted by atomic mass is 16.5. The average molecular weight is 860 g/mol. The van der Waals surface area contributed by atoms with Gasteiger partial charge < -0.3 is 20.3 Å². The van der Waals surface area contributed by atoms with Gasteiger partial charge in [0.25, 0.3) is 0 Å². The highest BCUT2D eigenvalue weighted by molar-refractivity contribution is 5.76. The van der Waals surface area contributed by atoms with Crippen molar-refractivity contribution in [3.63, 3.8) is 0 Å². The molecule has 0 saturated heterocycles. The van der Waals surface area contributed by atoms with Crippen molar-refractivity contribution in [3.8, 4) is 0 Å². The third-order valence-electron chi connectivity index (χ3n) is 12.5. The minimum Gasteiger partial charge on any atom is -0.466 e. The summed E-state index contributed by atoms with van der Waals surface area (Å²) >= 11 is 0. The number of carbonyl (C=O) groups excluding carboxylic acids is 2. The molecule has 2 unspecified atom stereocenters. The third-order valence-corrected chi connectivity index (χ3v) is 12.5. The molecule has 0 bridgehead atoms. The number of carbonyl (C=O) groups is 2. The van der Waals surface area contributed by atoms with Gasteiger partial charge in [-0.15, -0.1) is 0 Å². The molecule has 0 heterocycles. The van der Waals surface area contributed by atoms with E-state index in [1.165, 1.54) is 193 Å². The minimum absolute atomic E-state index is 0.0354. The summed E-state index contributed by atoms with van der Waals surface area (Å²) in [5.74, 6) is -0.161. The standard InChI is InChI=1S/C55H105NO5/c1-3-5-7-9-11-13-15-17-19-20-21-22-23-24-25-26-28-31-35-39-43-47-53(58)52(51-57)56-54(59)48-44-40-36-32-30-34-38-42-46-50-61-55(60)49-45-41-37-33-29-27-18-16-14-12-10-8-6-4-2/h32,36,43,47,52-53,57-58H,3-31,33-35,37-42,44-46,48-51H2,1-2H3,(H,56,59)/b36-32-,47-43+.